The molecule has 0 heterocycles. The standard InChI is InChI=1S/C6H14O3.4C4H8O2S/c1-2-6(3-7,4-8)5-9;3*1-3(7)2-4(5)6;1-2-3(7)4(5)6/h7-9H,2-5H2,1H3;4*3,7H,2H2,1H3,(H,5,6). The molecule has 0 saturated heterocycles. The second kappa shape index (κ2) is 29.7. The van der Waals surface area contributed by atoms with Crippen molar-refractivity contribution in [3.05, 3.63) is 0 Å². The van der Waals surface area contributed by atoms with Gasteiger partial charge in [-0.15, -0.1) is 0 Å². The molecular weight excluding hydrogens is 568 g/mol. The molecule has 37 heavy (non-hydrogen) atoms. The van der Waals surface area contributed by atoms with Crippen molar-refractivity contribution in [2.45, 2.75) is 87.7 Å². The van der Waals surface area contributed by atoms with E-state index >= 15 is 0 Å². The van der Waals surface area contributed by atoms with E-state index in [-0.39, 0.29) is 54.8 Å². The van der Waals surface area contributed by atoms with Crippen LogP contribution in [0.4, 0.5) is 0 Å². The summed E-state index contributed by atoms with van der Waals surface area (Å²) in [5.41, 5.74) is -0.667. The van der Waals surface area contributed by atoms with E-state index in [9.17, 15) is 19.2 Å². The Hall–Kier alpha value is -0.840. The summed E-state index contributed by atoms with van der Waals surface area (Å²) in [6.07, 6.45) is 1.60. The van der Waals surface area contributed by atoms with Crippen molar-refractivity contribution in [3.63, 3.8) is 0 Å². The highest BCUT2D eigenvalue weighted by atomic mass is 32.1. The fourth-order valence-corrected chi connectivity index (χ4v) is 1.89. The molecular formula is C22H46O11S4. The van der Waals surface area contributed by atoms with Gasteiger partial charge in [-0.2, -0.15) is 50.5 Å². The Morgan fingerprint density at radius 3 is 0.865 bits per heavy atom. The van der Waals surface area contributed by atoms with Crippen LogP contribution in [0, 0.1) is 5.41 Å². The van der Waals surface area contributed by atoms with Crippen molar-refractivity contribution in [2.24, 2.45) is 5.41 Å². The molecule has 11 nitrogen and oxygen atoms in total. The van der Waals surface area contributed by atoms with Gasteiger partial charge in [0.05, 0.1) is 44.3 Å². The highest BCUT2D eigenvalue weighted by molar-refractivity contribution is 7.81. The first-order valence-corrected chi connectivity index (χ1v) is 13.3. The van der Waals surface area contributed by atoms with E-state index < -0.39 is 34.5 Å². The second-order valence-corrected chi connectivity index (χ2v) is 11.2. The minimum Gasteiger partial charge on any atom is -0.481 e. The van der Waals surface area contributed by atoms with Crippen molar-refractivity contribution in [1.29, 1.82) is 0 Å². The van der Waals surface area contributed by atoms with Crippen LogP contribution < -0.4 is 0 Å². The molecule has 0 aliphatic heterocycles. The first-order chi connectivity index (χ1) is 16.8. The number of carbonyl (C=O) groups is 4. The molecule has 7 N–H and O–H groups in total. The lowest BCUT2D eigenvalue weighted by Gasteiger charge is -2.24. The fourth-order valence-electron chi connectivity index (χ4n) is 1.42. The molecule has 224 valence electrons. The van der Waals surface area contributed by atoms with Gasteiger partial charge in [-0.25, -0.2) is 0 Å². The van der Waals surface area contributed by atoms with Crippen molar-refractivity contribution < 1.29 is 54.9 Å². The Morgan fingerprint density at radius 1 is 0.622 bits per heavy atom. The van der Waals surface area contributed by atoms with Crippen LogP contribution in [0.2, 0.25) is 0 Å². The second-order valence-electron chi connectivity index (χ2n) is 7.93. The molecule has 0 aliphatic carbocycles. The van der Waals surface area contributed by atoms with Crippen molar-refractivity contribution in [3.8, 4) is 0 Å². The minimum absolute atomic E-state index is 0.0301. The number of rotatable bonds is 12. The quantitative estimate of drug-likeness (QED) is 0.144. The highest BCUT2D eigenvalue weighted by Crippen LogP contribution is 2.18. The van der Waals surface area contributed by atoms with E-state index in [2.05, 4.69) is 50.5 Å². The molecule has 0 aliphatic rings. The predicted octanol–water partition coefficient (Wildman–Crippen LogP) is 2.48. The summed E-state index contributed by atoms with van der Waals surface area (Å²) in [4.78, 5) is 39.1. The molecule has 0 fully saturated rings. The maximum Gasteiger partial charge on any atom is 0.316 e. The Labute approximate surface area is 241 Å². The van der Waals surface area contributed by atoms with Gasteiger partial charge in [-0.3, -0.25) is 19.2 Å². The van der Waals surface area contributed by atoms with Crippen LogP contribution in [0.3, 0.4) is 0 Å². The van der Waals surface area contributed by atoms with Crippen LogP contribution in [-0.4, -0.2) is 100 Å². The highest BCUT2D eigenvalue weighted by Gasteiger charge is 2.24. The van der Waals surface area contributed by atoms with Gasteiger partial charge >= 0.3 is 23.9 Å². The molecule has 0 saturated carbocycles. The van der Waals surface area contributed by atoms with Crippen molar-refractivity contribution in [1.82, 2.24) is 0 Å². The van der Waals surface area contributed by atoms with Gasteiger partial charge in [0.1, 0.15) is 0 Å². The molecule has 0 rings (SSSR count). The first kappa shape index (κ1) is 46.0. The fraction of sp³-hybridized carbons (Fsp3) is 0.818. The van der Waals surface area contributed by atoms with Crippen molar-refractivity contribution >= 4 is 74.4 Å². The Bertz CT molecular complexity index is 520. The number of carboxylic acids is 4. The first-order valence-electron chi connectivity index (χ1n) is 11.2. The smallest absolute Gasteiger partial charge is 0.316 e. The van der Waals surface area contributed by atoms with Gasteiger partial charge in [-0.1, -0.05) is 34.6 Å². The maximum atomic E-state index is 9.85. The van der Waals surface area contributed by atoms with Gasteiger partial charge in [0.2, 0.25) is 0 Å². The zero-order valence-corrected chi connectivity index (χ0v) is 25.6. The van der Waals surface area contributed by atoms with Crippen LogP contribution in [0.15, 0.2) is 0 Å². The number of carboxylic acid groups (broad SMARTS) is 4. The molecule has 4 atom stereocenters. The minimum atomic E-state index is -0.842. The van der Waals surface area contributed by atoms with Gasteiger partial charge in [0.25, 0.3) is 0 Å². The van der Waals surface area contributed by atoms with Crippen LogP contribution in [0.1, 0.15) is 66.7 Å². The molecule has 0 amide bonds. The van der Waals surface area contributed by atoms with E-state index in [1.165, 1.54) is 0 Å². The predicted molar refractivity (Wildman–Crippen MR) is 157 cm³/mol. The molecule has 15 heteroatoms. The lowest BCUT2D eigenvalue weighted by molar-refractivity contribution is -0.137. The molecule has 4 unspecified atom stereocenters. The number of thiol groups is 4. The van der Waals surface area contributed by atoms with Gasteiger partial charge in [-0.05, 0) is 12.8 Å². The van der Waals surface area contributed by atoms with Crippen LogP contribution in [0.25, 0.3) is 0 Å². The topological polar surface area (TPSA) is 210 Å². The summed E-state index contributed by atoms with van der Waals surface area (Å²) in [6.45, 7) is 8.38. The molecule has 0 bridgehead atoms. The number of hydrogen-bond acceptors (Lipinski definition) is 11. The third-order valence-electron chi connectivity index (χ3n) is 3.84. The molecule has 0 radical (unpaired) electrons. The molecule has 0 spiro atoms. The number of aliphatic carboxylic acids is 4. The summed E-state index contributed by atoms with van der Waals surface area (Å²) in [7, 11) is 0. The zero-order valence-electron chi connectivity index (χ0n) is 22.0. The van der Waals surface area contributed by atoms with E-state index in [1.54, 1.807) is 27.7 Å². The molecule has 0 aromatic rings. The average molecular weight is 615 g/mol. The monoisotopic (exact) mass is 614 g/mol. The third-order valence-corrected chi connectivity index (χ3v) is 4.97. The number of hydrogen-bond donors (Lipinski definition) is 11. The van der Waals surface area contributed by atoms with Crippen LogP contribution in [0.5, 0.6) is 0 Å². The Kier molecular flexibility index (Phi) is 37.0. The lowest BCUT2D eigenvalue weighted by Crippen LogP contribution is -2.32. The third kappa shape index (κ3) is 45.5. The average Bonchev–Trinajstić information content (AvgIpc) is 2.74. The summed E-state index contributed by atoms with van der Waals surface area (Å²) in [5, 5.41) is 57.6. The lowest BCUT2D eigenvalue weighted by atomic mass is 9.88. The normalized spacial score (nSPS) is 13.1. The van der Waals surface area contributed by atoms with Crippen LogP contribution in [-0.2, 0) is 19.2 Å². The van der Waals surface area contributed by atoms with Gasteiger partial charge in [0.15, 0.2) is 0 Å². The molecule has 0 aromatic carbocycles. The van der Waals surface area contributed by atoms with Gasteiger partial charge < -0.3 is 35.7 Å². The Morgan fingerprint density at radius 2 is 0.865 bits per heavy atom. The largest absolute Gasteiger partial charge is 0.481 e. The zero-order chi connectivity index (χ0) is 30.8. The van der Waals surface area contributed by atoms with E-state index in [0.717, 1.165) is 0 Å². The number of aliphatic hydroxyl groups excluding tert-OH is 3. The van der Waals surface area contributed by atoms with Crippen molar-refractivity contribution in [2.75, 3.05) is 19.8 Å². The summed E-state index contributed by atoms with van der Waals surface area (Å²) in [6, 6.07) is 0. The van der Waals surface area contributed by atoms with E-state index in [1.807, 2.05) is 6.92 Å². The number of aliphatic hydroxyl groups is 3. The molecule has 0 aromatic heterocycles. The SMILES string of the molecule is CC(S)CC(=O)O.CC(S)CC(=O)O.CC(S)CC(=O)O.CCC(CO)(CO)CO.CCC(S)C(=O)O. The van der Waals surface area contributed by atoms with Gasteiger partial charge in [0, 0.05) is 21.2 Å². The summed E-state index contributed by atoms with van der Waals surface area (Å²) in [5.74, 6) is -3.21. The summed E-state index contributed by atoms with van der Waals surface area (Å²) >= 11 is 15.3. The Balaban J connectivity index is -0.000000116. The van der Waals surface area contributed by atoms with E-state index in [0.29, 0.717) is 12.8 Å². The van der Waals surface area contributed by atoms with E-state index in [4.69, 9.17) is 35.7 Å². The summed E-state index contributed by atoms with van der Waals surface area (Å²) < 4.78 is 0. The van der Waals surface area contributed by atoms with Crippen LogP contribution >= 0.6 is 50.5 Å². The maximum absolute atomic E-state index is 9.85.